The number of hydrogen-bond acceptors (Lipinski definition) is 0. The maximum absolute atomic E-state index is 5.67. The molecule has 0 aliphatic carbocycles. The SMILES string of the molecule is C=CC(Cc1ccccc1)=C(Cl)Cl. The highest BCUT2D eigenvalue weighted by atomic mass is 35.5. The number of rotatable bonds is 3. The first kappa shape index (κ1) is 10.4. The molecule has 0 radical (unpaired) electrons. The van der Waals surface area contributed by atoms with Gasteiger partial charge in [-0.15, -0.1) is 0 Å². The van der Waals surface area contributed by atoms with Gasteiger partial charge in [0.25, 0.3) is 0 Å². The van der Waals surface area contributed by atoms with E-state index in [4.69, 9.17) is 23.2 Å². The van der Waals surface area contributed by atoms with Gasteiger partial charge < -0.3 is 0 Å². The van der Waals surface area contributed by atoms with Crippen LogP contribution in [0.1, 0.15) is 5.56 Å². The van der Waals surface area contributed by atoms with Crippen LogP contribution in [0.2, 0.25) is 0 Å². The Bertz CT molecular complexity index is 308. The van der Waals surface area contributed by atoms with Crippen LogP contribution in [0.25, 0.3) is 0 Å². The highest BCUT2D eigenvalue weighted by molar-refractivity contribution is 6.56. The molecule has 13 heavy (non-hydrogen) atoms. The van der Waals surface area contributed by atoms with Crippen molar-refractivity contribution in [3.63, 3.8) is 0 Å². The van der Waals surface area contributed by atoms with E-state index in [2.05, 4.69) is 6.58 Å². The first-order valence-corrected chi connectivity index (χ1v) is 4.70. The molecule has 0 heterocycles. The first-order valence-electron chi connectivity index (χ1n) is 3.94. The average molecular weight is 213 g/mol. The van der Waals surface area contributed by atoms with Crippen LogP contribution in [0.4, 0.5) is 0 Å². The van der Waals surface area contributed by atoms with E-state index in [1.807, 2.05) is 30.3 Å². The molecule has 0 unspecified atom stereocenters. The normalized spacial score (nSPS) is 9.38. The molecule has 0 saturated heterocycles. The molecule has 1 aromatic rings. The summed E-state index contributed by atoms with van der Waals surface area (Å²) >= 11 is 11.3. The van der Waals surface area contributed by atoms with E-state index in [1.165, 1.54) is 5.56 Å². The smallest absolute Gasteiger partial charge is 0.0987 e. The van der Waals surface area contributed by atoms with Crippen LogP contribution in [0.15, 0.2) is 53.1 Å². The summed E-state index contributed by atoms with van der Waals surface area (Å²) < 4.78 is 0.291. The molecule has 0 aliphatic rings. The fourth-order valence-corrected chi connectivity index (χ4v) is 1.32. The third-order valence-electron chi connectivity index (χ3n) is 1.73. The van der Waals surface area contributed by atoms with Crippen molar-refractivity contribution in [1.29, 1.82) is 0 Å². The zero-order chi connectivity index (χ0) is 9.68. The summed E-state index contributed by atoms with van der Waals surface area (Å²) in [5.74, 6) is 0. The van der Waals surface area contributed by atoms with E-state index < -0.39 is 0 Å². The van der Waals surface area contributed by atoms with Gasteiger partial charge in [0.05, 0.1) is 0 Å². The molecule has 0 aliphatic heterocycles. The van der Waals surface area contributed by atoms with Crippen LogP contribution in [-0.4, -0.2) is 0 Å². The van der Waals surface area contributed by atoms with E-state index in [0.29, 0.717) is 4.49 Å². The van der Waals surface area contributed by atoms with Crippen molar-refractivity contribution in [2.24, 2.45) is 0 Å². The topological polar surface area (TPSA) is 0 Å². The van der Waals surface area contributed by atoms with Gasteiger partial charge in [0, 0.05) is 0 Å². The predicted molar refractivity (Wildman–Crippen MR) is 59.1 cm³/mol. The van der Waals surface area contributed by atoms with Crippen LogP contribution in [-0.2, 0) is 6.42 Å². The zero-order valence-corrected chi connectivity index (χ0v) is 8.65. The molecule has 0 spiro atoms. The minimum Gasteiger partial charge on any atom is -0.0987 e. The minimum absolute atomic E-state index is 0.291. The van der Waals surface area contributed by atoms with E-state index in [0.717, 1.165) is 12.0 Å². The van der Waals surface area contributed by atoms with Gasteiger partial charge in [-0.05, 0) is 17.6 Å². The Balaban J connectivity index is 2.80. The maximum Gasteiger partial charge on any atom is 0.110 e. The fraction of sp³-hybridized carbons (Fsp3) is 0.0909. The second-order valence-corrected chi connectivity index (χ2v) is 3.60. The molecular weight excluding hydrogens is 203 g/mol. The Morgan fingerprint density at radius 2 is 1.85 bits per heavy atom. The highest BCUT2D eigenvalue weighted by Gasteiger charge is 1.99. The molecule has 0 atom stereocenters. The molecule has 0 amide bonds. The summed E-state index contributed by atoms with van der Waals surface area (Å²) in [6.07, 6.45) is 2.41. The molecule has 0 bridgehead atoms. The standard InChI is InChI=1S/C11H10Cl2/c1-2-10(11(12)13)8-9-6-4-3-5-7-9/h2-7H,1,8H2. The Labute approximate surface area is 88.5 Å². The second kappa shape index (κ2) is 5.11. The Hall–Kier alpha value is -0.720. The van der Waals surface area contributed by atoms with E-state index in [9.17, 15) is 0 Å². The van der Waals surface area contributed by atoms with Gasteiger partial charge in [-0.2, -0.15) is 0 Å². The van der Waals surface area contributed by atoms with Gasteiger partial charge >= 0.3 is 0 Å². The predicted octanol–water partition coefficient (Wildman–Crippen LogP) is 4.10. The van der Waals surface area contributed by atoms with Gasteiger partial charge in [0.2, 0.25) is 0 Å². The lowest BCUT2D eigenvalue weighted by atomic mass is 10.1. The lowest BCUT2D eigenvalue weighted by Crippen LogP contribution is -1.87. The molecule has 0 N–H and O–H groups in total. The van der Waals surface area contributed by atoms with Gasteiger partial charge in [0.15, 0.2) is 0 Å². The van der Waals surface area contributed by atoms with Crippen LogP contribution in [0.3, 0.4) is 0 Å². The zero-order valence-electron chi connectivity index (χ0n) is 7.13. The lowest BCUT2D eigenvalue weighted by Gasteiger charge is -2.01. The molecule has 0 fully saturated rings. The van der Waals surface area contributed by atoms with Gasteiger partial charge in [-0.1, -0.05) is 66.2 Å². The van der Waals surface area contributed by atoms with Crippen molar-refractivity contribution in [3.8, 4) is 0 Å². The molecular formula is C11H10Cl2. The molecule has 1 rings (SSSR count). The van der Waals surface area contributed by atoms with Crippen molar-refractivity contribution in [3.05, 3.63) is 58.6 Å². The summed E-state index contributed by atoms with van der Waals surface area (Å²) in [6.45, 7) is 3.65. The van der Waals surface area contributed by atoms with E-state index >= 15 is 0 Å². The van der Waals surface area contributed by atoms with Crippen molar-refractivity contribution < 1.29 is 0 Å². The number of halogens is 2. The Morgan fingerprint density at radius 3 is 2.31 bits per heavy atom. The highest BCUT2D eigenvalue weighted by Crippen LogP contribution is 2.19. The quantitative estimate of drug-likeness (QED) is 0.663. The molecule has 68 valence electrons. The van der Waals surface area contributed by atoms with Crippen molar-refractivity contribution in [2.75, 3.05) is 0 Å². The summed E-state index contributed by atoms with van der Waals surface area (Å²) in [5.41, 5.74) is 2.03. The molecule has 1 aromatic carbocycles. The Morgan fingerprint density at radius 1 is 1.23 bits per heavy atom. The summed E-state index contributed by atoms with van der Waals surface area (Å²) in [4.78, 5) is 0. The minimum atomic E-state index is 0.291. The molecule has 0 aromatic heterocycles. The van der Waals surface area contributed by atoms with Gasteiger partial charge in [-0.3, -0.25) is 0 Å². The molecule has 0 saturated carbocycles. The molecule has 0 nitrogen and oxygen atoms in total. The second-order valence-electron chi connectivity index (χ2n) is 2.65. The van der Waals surface area contributed by atoms with Gasteiger partial charge in [0.1, 0.15) is 4.49 Å². The van der Waals surface area contributed by atoms with Crippen LogP contribution in [0.5, 0.6) is 0 Å². The van der Waals surface area contributed by atoms with E-state index in [1.54, 1.807) is 6.08 Å². The summed E-state index contributed by atoms with van der Waals surface area (Å²) in [6, 6.07) is 10.00. The maximum atomic E-state index is 5.67. The summed E-state index contributed by atoms with van der Waals surface area (Å²) in [7, 11) is 0. The third-order valence-corrected chi connectivity index (χ3v) is 2.21. The largest absolute Gasteiger partial charge is 0.110 e. The lowest BCUT2D eigenvalue weighted by molar-refractivity contribution is 1.20. The summed E-state index contributed by atoms with van der Waals surface area (Å²) in [5, 5.41) is 0. The number of allylic oxidation sites excluding steroid dienone is 2. The van der Waals surface area contributed by atoms with Crippen LogP contribution >= 0.6 is 23.2 Å². The Kier molecular flexibility index (Phi) is 4.07. The third kappa shape index (κ3) is 3.25. The fourth-order valence-electron chi connectivity index (χ4n) is 1.03. The van der Waals surface area contributed by atoms with Crippen molar-refractivity contribution in [1.82, 2.24) is 0 Å². The van der Waals surface area contributed by atoms with Crippen molar-refractivity contribution in [2.45, 2.75) is 6.42 Å². The van der Waals surface area contributed by atoms with Crippen LogP contribution in [0, 0.1) is 0 Å². The van der Waals surface area contributed by atoms with Crippen LogP contribution < -0.4 is 0 Å². The van der Waals surface area contributed by atoms with Crippen molar-refractivity contribution >= 4 is 23.2 Å². The monoisotopic (exact) mass is 212 g/mol. The number of benzene rings is 1. The molecule has 2 heteroatoms. The van der Waals surface area contributed by atoms with E-state index in [-0.39, 0.29) is 0 Å². The average Bonchev–Trinajstić information content (AvgIpc) is 2.15. The van der Waals surface area contributed by atoms with Gasteiger partial charge in [-0.25, -0.2) is 0 Å². The first-order chi connectivity index (χ1) is 6.24. The number of hydrogen-bond donors (Lipinski definition) is 0.